The number of nitrogens with zero attached hydrogens (tertiary/aromatic N) is 2. The number of carbonyl (C=O) groups excluding carboxylic acids is 2. The Morgan fingerprint density at radius 1 is 1.00 bits per heavy atom. The Kier molecular flexibility index (Phi) is 8.62. The fraction of sp³-hybridized carbons (Fsp3) is 0.800. The average Bonchev–Trinajstić information content (AvgIpc) is 2.30. The zero-order valence-electron chi connectivity index (χ0n) is 10.2. The molecule has 0 aromatic rings. The van der Waals surface area contributed by atoms with Crippen LogP contribution in [0.15, 0.2) is 5.29 Å². The second kappa shape index (κ2) is 9.56. The number of esters is 2. The van der Waals surface area contributed by atoms with Crippen molar-refractivity contribution in [3.05, 3.63) is 4.91 Å². The van der Waals surface area contributed by atoms with Gasteiger partial charge in [0.1, 0.15) is 0 Å². The van der Waals surface area contributed by atoms with Gasteiger partial charge in [0.2, 0.25) is 0 Å². The predicted octanol–water partition coefficient (Wildman–Crippen LogP) is 0.876. The number of carbonyl (C=O) groups is 2. The maximum atomic E-state index is 11.0. The average molecular weight is 246 g/mol. The van der Waals surface area contributed by atoms with Crippen LogP contribution in [0.2, 0.25) is 0 Å². The van der Waals surface area contributed by atoms with Crippen LogP contribution in [0.3, 0.4) is 0 Å². The molecule has 0 N–H and O–H groups in total. The predicted molar refractivity (Wildman–Crippen MR) is 59.9 cm³/mol. The molecule has 0 unspecified atom stereocenters. The molecule has 0 saturated heterocycles. The highest BCUT2D eigenvalue weighted by Gasteiger charge is 2.10. The fourth-order valence-electron chi connectivity index (χ4n) is 1.10. The van der Waals surface area contributed by atoms with Gasteiger partial charge in [-0.05, 0) is 13.8 Å². The van der Waals surface area contributed by atoms with Gasteiger partial charge >= 0.3 is 11.9 Å². The molecular formula is C10H18N2O5. The number of hydrogen-bond donors (Lipinski definition) is 0. The molecule has 0 amide bonds. The molecule has 0 aliphatic heterocycles. The SMILES string of the molecule is CCOC(=O)CCN(CCC(=O)OCC)N=O. The Morgan fingerprint density at radius 2 is 1.41 bits per heavy atom. The normalized spacial score (nSPS) is 9.53. The molecule has 0 aliphatic carbocycles. The van der Waals surface area contributed by atoms with Crippen LogP contribution in [-0.2, 0) is 19.1 Å². The van der Waals surface area contributed by atoms with Gasteiger partial charge in [-0.1, -0.05) is 0 Å². The van der Waals surface area contributed by atoms with E-state index < -0.39 is 11.9 Å². The minimum Gasteiger partial charge on any atom is -0.466 e. The van der Waals surface area contributed by atoms with E-state index in [2.05, 4.69) is 5.29 Å². The van der Waals surface area contributed by atoms with Crippen LogP contribution in [-0.4, -0.2) is 43.3 Å². The van der Waals surface area contributed by atoms with Gasteiger partial charge in [0.15, 0.2) is 0 Å². The van der Waals surface area contributed by atoms with E-state index >= 15 is 0 Å². The van der Waals surface area contributed by atoms with Crippen molar-refractivity contribution in [1.29, 1.82) is 0 Å². The second-order valence-corrected chi connectivity index (χ2v) is 3.15. The topological polar surface area (TPSA) is 85.3 Å². The van der Waals surface area contributed by atoms with Gasteiger partial charge in [-0.25, -0.2) is 0 Å². The molecule has 98 valence electrons. The molecule has 0 heterocycles. The summed E-state index contributed by atoms with van der Waals surface area (Å²) in [5.74, 6) is -0.783. The van der Waals surface area contributed by atoms with Crippen LogP contribution >= 0.6 is 0 Å². The summed E-state index contributed by atoms with van der Waals surface area (Å²) >= 11 is 0. The van der Waals surface area contributed by atoms with Crippen LogP contribution < -0.4 is 0 Å². The monoisotopic (exact) mass is 246 g/mol. The van der Waals surface area contributed by atoms with Gasteiger partial charge in [-0.15, -0.1) is 4.91 Å². The van der Waals surface area contributed by atoms with E-state index in [-0.39, 0.29) is 25.9 Å². The van der Waals surface area contributed by atoms with Gasteiger partial charge < -0.3 is 9.47 Å². The first-order valence-electron chi connectivity index (χ1n) is 5.53. The standard InChI is InChI=1S/C10H18N2O5/c1-3-16-9(13)5-7-12(11-15)8-6-10(14)17-4-2/h3-8H2,1-2H3. The Hall–Kier alpha value is -1.66. The highest BCUT2D eigenvalue weighted by molar-refractivity contribution is 5.70. The molecule has 0 rings (SSSR count). The fourth-order valence-corrected chi connectivity index (χ4v) is 1.10. The smallest absolute Gasteiger partial charge is 0.307 e. The van der Waals surface area contributed by atoms with Crippen LogP contribution in [0, 0.1) is 4.91 Å². The van der Waals surface area contributed by atoms with E-state index in [0.29, 0.717) is 13.2 Å². The van der Waals surface area contributed by atoms with Crippen molar-refractivity contribution in [2.75, 3.05) is 26.3 Å². The number of ether oxygens (including phenoxy) is 2. The van der Waals surface area contributed by atoms with Crippen molar-refractivity contribution in [1.82, 2.24) is 5.01 Å². The first-order valence-corrected chi connectivity index (χ1v) is 5.53. The van der Waals surface area contributed by atoms with Crippen LogP contribution in [0.4, 0.5) is 0 Å². The van der Waals surface area contributed by atoms with Crippen LogP contribution in [0.25, 0.3) is 0 Å². The molecule has 0 aliphatic rings. The lowest BCUT2D eigenvalue weighted by Gasteiger charge is -2.13. The van der Waals surface area contributed by atoms with Crippen LogP contribution in [0.5, 0.6) is 0 Å². The first-order chi connectivity index (χ1) is 8.13. The number of hydrogen-bond acceptors (Lipinski definition) is 6. The quantitative estimate of drug-likeness (QED) is 0.341. The molecule has 0 aromatic carbocycles. The van der Waals surface area contributed by atoms with Gasteiger partial charge in [0.25, 0.3) is 0 Å². The van der Waals surface area contributed by atoms with Crippen molar-refractivity contribution >= 4 is 11.9 Å². The first kappa shape index (κ1) is 15.3. The lowest BCUT2D eigenvalue weighted by Crippen LogP contribution is -2.24. The zero-order valence-corrected chi connectivity index (χ0v) is 10.2. The summed E-state index contributed by atoms with van der Waals surface area (Å²) in [6.07, 6.45) is 0.144. The third-order valence-electron chi connectivity index (χ3n) is 1.87. The van der Waals surface area contributed by atoms with Crippen molar-refractivity contribution < 1.29 is 19.1 Å². The number of rotatable bonds is 9. The summed E-state index contributed by atoms with van der Waals surface area (Å²) in [5, 5.41) is 3.82. The van der Waals surface area contributed by atoms with E-state index in [1.807, 2.05) is 0 Å². The third-order valence-corrected chi connectivity index (χ3v) is 1.87. The molecule has 0 radical (unpaired) electrons. The molecule has 0 spiro atoms. The van der Waals surface area contributed by atoms with Crippen LogP contribution in [0.1, 0.15) is 26.7 Å². The largest absolute Gasteiger partial charge is 0.466 e. The minimum absolute atomic E-state index is 0.0718. The second-order valence-electron chi connectivity index (χ2n) is 3.15. The molecule has 0 fully saturated rings. The third kappa shape index (κ3) is 8.18. The Bertz CT molecular complexity index is 235. The van der Waals surface area contributed by atoms with E-state index in [9.17, 15) is 14.5 Å². The van der Waals surface area contributed by atoms with E-state index in [1.165, 1.54) is 0 Å². The molecule has 0 aromatic heterocycles. The number of nitroso groups, excluding NO2 is 1. The lowest BCUT2D eigenvalue weighted by molar-refractivity contribution is -0.143. The lowest BCUT2D eigenvalue weighted by atomic mass is 10.3. The Balaban J connectivity index is 3.80. The molecule has 17 heavy (non-hydrogen) atoms. The summed E-state index contributed by atoms with van der Waals surface area (Å²) in [7, 11) is 0. The van der Waals surface area contributed by atoms with Gasteiger partial charge in [0.05, 0.1) is 31.3 Å². The Morgan fingerprint density at radius 3 is 1.71 bits per heavy atom. The summed E-state index contributed by atoms with van der Waals surface area (Å²) in [5.41, 5.74) is 0. The van der Waals surface area contributed by atoms with E-state index in [4.69, 9.17) is 9.47 Å². The van der Waals surface area contributed by atoms with Crippen molar-refractivity contribution in [3.63, 3.8) is 0 Å². The van der Waals surface area contributed by atoms with Gasteiger partial charge in [-0.3, -0.25) is 14.6 Å². The maximum Gasteiger partial charge on any atom is 0.307 e. The summed E-state index contributed by atoms with van der Waals surface area (Å²) < 4.78 is 9.40. The maximum absolute atomic E-state index is 11.0. The van der Waals surface area contributed by atoms with Gasteiger partial charge in [-0.2, -0.15) is 0 Å². The van der Waals surface area contributed by atoms with Crippen molar-refractivity contribution in [3.8, 4) is 0 Å². The van der Waals surface area contributed by atoms with Crippen molar-refractivity contribution in [2.45, 2.75) is 26.7 Å². The van der Waals surface area contributed by atoms with Gasteiger partial charge in [0, 0.05) is 13.1 Å². The van der Waals surface area contributed by atoms with E-state index in [0.717, 1.165) is 5.01 Å². The minimum atomic E-state index is -0.391. The molecule has 7 nitrogen and oxygen atoms in total. The van der Waals surface area contributed by atoms with E-state index in [1.54, 1.807) is 13.8 Å². The molecular weight excluding hydrogens is 228 g/mol. The molecule has 0 bridgehead atoms. The summed E-state index contributed by atoms with van der Waals surface area (Å²) in [4.78, 5) is 32.5. The molecule has 0 atom stereocenters. The van der Waals surface area contributed by atoms with Crippen molar-refractivity contribution in [2.24, 2.45) is 5.29 Å². The highest BCUT2D eigenvalue weighted by atomic mass is 16.5. The molecule has 0 saturated carbocycles. The summed E-state index contributed by atoms with van der Waals surface area (Å²) in [6, 6.07) is 0. The summed E-state index contributed by atoms with van der Waals surface area (Å²) in [6.45, 7) is 4.29. The highest BCUT2D eigenvalue weighted by Crippen LogP contribution is 1.98. The molecule has 7 heteroatoms. The zero-order chi connectivity index (χ0) is 13.1. The Labute approximate surface area is 100.0 Å².